The Morgan fingerprint density at radius 1 is 0.226 bits per heavy atom. The summed E-state index contributed by atoms with van der Waals surface area (Å²) in [6.45, 7) is 24.0. The third-order valence-electron chi connectivity index (χ3n) is 22.4. The number of hydrogen-bond acceptors (Lipinski definition) is 24. The smallest absolute Gasteiger partial charge is 0.171 e. The molecule has 0 aromatic heterocycles. The Labute approximate surface area is 710 Å². The number of hydrogen-bond donors (Lipinski definition) is 18. The summed E-state index contributed by atoms with van der Waals surface area (Å²) in [6, 6.07) is 34.3. The lowest BCUT2D eigenvalue weighted by molar-refractivity contribution is 0.0930. The molecule has 0 unspecified atom stereocenters. The third-order valence-corrected chi connectivity index (χ3v) is 22.4. The summed E-state index contributed by atoms with van der Waals surface area (Å²) >= 11 is 0. The van der Waals surface area contributed by atoms with Crippen LogP contribution in [0.2, 0.25) is 0 Å². The van der Waals surface area contributed by atoms with Gasteiger partial charge in [0.2, 0.25) is 0 Å². The second kappa shape index (κ2) is 33.9. The van der Waals surface area contributed by atoms with Crippen LogP contribution in [-0.2, 0) is 12.8 Å². The van der Waals surface area contributed by atoms with Gasteiger partial charge >= 0.3 is 0 Å². The van der Waals surface area contributed by atoms with Gasteiger partial charge in [-0.1, -0.05) is 116 Å². The molecule has 0 heterocycles. The third kappa shape index (κ3) is 15.7. The highest BCUT2D eigenvalue weighted by Gasteiger charge is 2.34. The minimum Gasteiger partial charge on any atom is -0.507 e. The number of ketones is 6. The highest BCUT2D eigenvalue weighted by Crippen LogP contribution is 2.57. The van der Waals surface area contributed by atoms with Gasteiger partial charge in [0, 0.05) is 136 Å². The Morgan fingerprint density at radius 3 is 0.589 bits per heavy atom. The monoisotopic (exact) mass is 1680 g/mol. The summed E-state index contributed by atoms with van der Waals surface area (Å²) in [6.07, 6.45) is 0.125. The van der Waals surface area contributed by atoms with E-state index < -0.39 is 116 Å². The number of rotatable bonds is 19. The zero-order chi connectivity index (χ0) is 91.0. The molecule has 0 aliphatic heterocycles. The van der Waals surface area contributed by atoms with Gasteiger partial charge in [-0.2, -0.15) is 0 Å². The molecule has 0 radical (unpaired) electrons. The molecule has 0 saturated heterocycles. The second-order valence-electron chi connectivity index (χ2n) is 33.0. The maximum Gasteiger partial charge on any atom is 0.171 e. The number of benzene rings is 14. The van der Waals surface area contributed by atoms with E-state index in [0.29, 0.717) is 44.5 Å². The molecule has 18 N–H and O–H groups in total. The molecule has 124 heavy (non-hydrogen) atoms. The van der Waals surface area contributed by atoms with Gasteiger partial charge in [-0.05, 0) is 171 Å². The molecule has 0 spiro atoms. The number of aryl methyl sites for hydroxylation is 6. The number of aromatic hydroxyl groups is 18. The van der Waals surface area contributed by atoms with Gasteiger partial charge < -0.3 is 91.9 Å². The van der Waals surface area contributed by atoms with Gasteiger partial charge in [-0.3, -0.25) is 28.8 Å². The molecule has 14 rings (SSSR count). The van der Waals surface area contributed by atoms with E-state index in [4.69, 9.17) is 0 Å². The minimum absolute atomic E-state index is 0.0105. The molecule has 14 aromatic rings. The van der Waals surface area contributed by atoms with Gasteiger partial charge in [-0.25, -0.2) is 0 Å². The Balaban J connectivity index is 0.000000171. The van der Waals surface area contributed by atoms with Crippen molar-refractivity contribution in [3.05, 3.63) is 211 Å². The van der Waals surface area contributed by atoms with E-state index in [9.17, 15) is 121 Å². The van der Waals surface area contributed by atoms with E-state index >= 15 is 0 Å². The standard InChI is InChI=1S/C38H30O8.C32H34O8.C30H30O8/c1-19-13-23-25(17-29(41)37(45)33(23)27(39)15-21-9-5-3-6-10-21)35(43)31(19)32-20(2)14-24-26(36(32)44)18-30(42)38(46)34(24)28(40)16-22-11-7-4-8-12-22;1-13(2)7-21(33)27-17-9-15(5)25(29(37)19(17)11-23(35)31(27)39)26-16(6)10-18-20(30(26)38)12-24(36)32(40)28(18)22(34)8-14(3)4;1-11(2)25(33)23-15-7-13(5)21(27(35)17(15)9-19(31)29(23)37)22-14(6)8-16-18(28(22)36)10-20(32)30(38)24(16)26(34)12(3)4/h3-14,17-18,41-46H,15-16H2,1-2H3;9-14,35-40H,7-8H2,1-6H3;7-12,31-32,35-38H,1-6H3. The lowest BCUT2D eigenvalue weighted by Crippen LogP contribution is -2.09. The lowest BCUT2D eigenvalue weighted by atomic mass is 9.85. The lowest BCUT2D eigenvalue weighted by Gasteiger charge is -2.20. The van der Waals surface area contributed by atoms with Crippen LogP contribution in [0.15, 0.2) is 133 Å². The topological polar surface area (TPSA) is 467 Å². The minimum atomic E-state index is -0.604. The van der Waals surface area contributed by atoms with Gasteiger partial charge in [-0.15, -0.1) is 0 Å². The summed E-state index contributed by atoms with van der Waals surface area (Å²) in [5.41, 5.74) is 4.58. The van der Waals surface area contributed by atoms with E-state index in [-0.39, 0.29) is 203 Å². The first-order valence-corrected chi connectivity index (χ1v) is 39.9. The number of phenols is 18. The van der Waals surface area contributed by atoms with Crippen LogP contribution in [0.5, 0.6) is 103 Å². The predicted molar refractivity (Wildman–Crippen MR) is 474 cm³/mol. The number of carbonyl (C=O) groups is 6. The van der Waals surface area contributed by atoms with Crippen LogP contribution in [0.25, 0.3) is 98.0 Å². The number of fused-ring (bicyclic) bond motifs is 6. The highest BCUT2D eigenvalue weighted by atomic mass is 16.3. The van der Waals surface area contributed by atoms with E-state index in [0.717, 1.165) is 36.4 Å². The molecule has 0 aliphatic rings. The van der Waals surface area contributed by atoms with E-state index in [1.54, 1.807) is 154 Å². The first kappa shape index (κ1) is 88.3. The van der Waals surface area contributed by atoms with Gasteiger partial charge in [0.25, 0.3) is 0 Å². The molecule has 0 aliphatic carbocycles. The fourth-order valence-corrected chi connectivity index (χ4v) is 16.6. The quantitative estimate of drug-likeness (QED) is 0.0264. The molecule has 0 fully saturated rings. The Bertz CT molecular complexity index is 6480. The molecule has 0 atom stereocenters. The molecule has 14 aromatic carbocycles. The molecular weight excluding hydrogens is 1590 g/mol. The maximum absolute atomic E-state index is 13.4. The van der Waals surface area contributed by atoms with Crippen molar-refractivity contribution in [3.63, 3.8) is 0 Å². The van der Waals surface area contributed by atoms with Crippen molar-refractivity contribution < 1.29 is 121 Å². The van der Waals surface area contributed by atoms with Crippen molar-refractivity contribution in [1.29, 1.82) is 0 Å². The molecule has 0 bridgehead atoms. The van der Waals surface area contributed by atoms with E-state index in [1.807, 2.05) is 39.8 Å². The van der Waals surface area contributed by atoms with E-state index in [1.165, 1.54) is 0 Å². The largest absolute Gasteiger partial charge is 0.507 e. The van der Waals surface area contributed by atoms with Crippen molar-refractivity contribution in [1.82, 2.24) is 0 Å². The van der Waals surface area contributed by atoms with Crippen molar-refractivity contribution in [2.75, 3.05) is 0 Å². The van der Waals surface area contributed by atoms with Crippen LogP contribution >= 0.6 is 0 Å². The second-order valence-corrected chi connectivity index (χ2v) is 33.0. The molecule has 0 saturated carbocycles. The summed E-state index contributed by atoms with van der Waals surface area (Å²) in [5.74, 6) is -12.6. The number of carbonyl (C=O) groups excluding carboxylic acids is 6. The predicted octanol–water partition coefficient (Wildman–Crippen LogP) is 20.5. The van der Waals surface area contributed by atoms with Crippen LogP contribution in [0.4, 0.5) is 0 Å². The number of phenolic OH excluding ortho intramolecular Hbond substituents is 18. The molecule has 0 amide bonds. The molecular formula is C100H94O24. The van der Waals surface area contributed by atoms with Gasteiger partial charge in [0.05, 0.1) is 33.4 Å². The Hall–Kier alpha value is -14.9. The average molecular weight is 1680 g/mol. The van der Waals surface area contributed by atoms with Crippen molar-refractivity contribution in [3.8, 4) is 137 Å². The van der Waals surface area contributed by atoms with E-state index in [2.05, 4.69) is 0 Å². The number of Topliss-reactive ketones (excluding diaryl/α,β-unsaturated/α-hetero) is 6. The molecule has 24 nitrogen and oxygen atoms in total. The summed E-state index contributed by atoms with van der Waals surface area (Å²) in [4.78, 5) is 78.7. The van der Waals surface area contributed by atoms with Crippen molar-refractivity contribution >= 4 is 99.3 Å². The van der Waals surface area contributed by atoms with Crippen LogP contribution < -0.4 is 0 Å². The van der Waals surface area contributed by atoms with Crippen LogP contribution in [0.3, 0.4) is 0 Å². The maximum atomic E-state index is 13.4. The fourth-order valence-electron chi connectivity index (χ4n) is 16.6. The first-order valence-electron chi connectivity index (χ1n) is 39.9. The van der Waals surface area contributed by atoms with Gasteiger partial charge in [0.15, 0.2) is 104 Å². The Morgan fingerprint density at radius 2 is 0.403 bits per heavy atom. The highest BCUT2D eigenvalue weighted by molar-refractivity contribution is 6.22. The normalized spacial score (nSPS) is 11.5. The average Bonchev–Trinajstić information content (AvgIpc) is 0.736. The van der Waals surface area contributed by atoms with Crippen molar-refractivity contribution in [2.24, 2.45) is 23.7 Å². The SMILES string of the molecule is Cc1cc2c(C(=O)C(C)C)c(O)c(O)cc2c(O)c1-c1c(C)cc2c(C(=O)C(C)C)c(O)c(O)cc2c1O.Cc1cc2c(C(=O)CC(C)C)c(O)c(O)cc2c(O)c1-c1c(C)cc2c(C(=O)CC(C)C)c(O)c(O)cc2c1O.Cc1cc2c(C(=O)Cc3ccccc3)c(O)c(O)cc2c(O)c1-c1c(C)cc2c(C(=O)Cc3ccccc3)c(O)c(O)cc2c1O. The molecule has 24 heteroatoms. The van der Waals surface area contributed by atoms with Crippen molar-refractivity contribution in [2.45, 2.75) is 123 Å². The van der Waals surface area contributed by atoms with Crippen LogP contribution in [-0.4, -0.2) is 127 Å². The Kier molecular flexibility index (Phi) is 24.2. The van der Waals surface area contributed by atoms with Crippen LogP contribution in [0, 0.1) is 65.2 Å². The fraction of sp³-hybridized carbons (Fsp3) is 0.220. The summed E-state index contributed by atoms with van der Waals surface area (Å²) < 4.78 is 0. The zero-order valence-electron chi connectivity index (χ0n) is 70.3. The first-order chi connectivity index (χ1) is 58.3. The summed E-state index contributed by atoms with van der Waals surface area (Å²) in [7, 11) is 0. The zero-order valence-corrected chi connectivity index (χ0v) is 70.3. The molecule has 638 valence electrons. The van der Waals surface area contributed by atoms with Crippen LogP contribution in [0.1, 0.15) is 175 Å². The van der Waals surface area contributed by atoms with Gasteiger partial charge in [0.1, 0.15) is 34.5 Å². The summed E-state index contributed by atoms with van der Waals surface area (Å²) in [5, 5.41) is 198.